The lowest BCUT2D eigenvalue weighted by Crippen LogP contribution is -2.35. The van der Waals surface area contributed by atoms with Crippen molar-refractivity contribution in [3.8, 4) is 0 Å². The molecule has 1 aliphatic heterocycles. The van der Waals surface area contributed by atoms with Gasteiger partial charge in [0.25, 0.3) is 5.91 Å². The van der Waals surface area contributed by atoms with Crippen molar-refractivity contribution >= 4 is 5.91 Å². The quantitative estimate of drug-likeness (QED) is 0.940. The van der Waals surface area contributed by atoms with Gasteiger partial charge in [-0.1, -0.05) is 29.8 Å². The summed E-state index contributed by atoms with van der Waals surface area (Å²) in [6.07, 6.45) is 3.64. The minimum atomic E-state index is -0.168. The van der Waals surface area contributed by atoms with E-state index < -0.39 is 0 Å². The molecule has 0 bridgehead atoms. The van der Waals surface area contributed by atoms with E-state index >= 15 is 0 Å². The fourth-order valence-electron chi connectivity index (χ4n) is 2.90. The highest BCUT2D eigenvalue weighted by Crippen LogP contribution is 2.33. The molecule has 1 aromatic heterocycles. The molecule has 1 aromatic carbocycles. The molecule has 2 atom stereocenters. The zero-order valence-electron chi connectivity index (χ0n) is 12.7. The van der Waals surface area contributed by atoms with Crippen LogP contribution in [0, 0.1) is 12.8 Å². The van der Waals surface area contributed by atoms with Crippen molar-refractivity contribution in [2.75, 3.05) is 13.2 Å². The largest absolute Gasteiger partial charge is 0.459 e. The summed E-state index contributed by atoms with van der Waals surface area (Å²) in [6, 6.07) is 11.8. The number of furan rings is 1. The average Bonchev–Trinajstić information content (AvgIpc) is 3.08. The molecule has 0 spiro atoms. The zero-order valence-corrected chi connectivity index (χ0v) is 12.7. The first-order valence-electron chi connectivity index (χ1n) is 7.74. The number of benzene rings is 1. The highest BCUT2D eigenvalue weighted by Gasteiger charge is 2.28. The molecule has 2 heterocycles. The van der Waals surface area contributed by atoms with Crippen LogP contribution in [0.15, 0.2) is 47.1 Å². The third-order valence-corrected chi connectivity index (χ3v) is 4.12. The summed E-state index contributed by atoms with van der Waals surface area (Å²) in [5, 5.41) is 2.95. The van der Waals surface area contributed by atoms with Crippen LogP contribution in [0.25, 0.3) is 0 Å². The standard InChI is InChI=1S/C18H21NO3/c1-13-6-8-14(9-7-13)17-15(4-2-11-22-17)12-19-18(20)16-5-3-10-21-16/h3,5-10,15,17H,2,4,11-12H2,1H3,(H,19,20). The molecular weight excluding hydrogens is 278 g/mol. The molecule has 4 heteroatoms. The number of aryl methyl sites for hydroxylation is 1. The summed E-state index contributed by atoms with van der Waals surface area (Å²) in [4.78, 5) is 12.0. The first kappa shape index (κ1) is 14.9. The number of amides is 1. The Bertz CT molecular complexity index is 604. The van der Waals surface area contributed by atoms with E-state index in [1.165, 1.54) is 17.4 Å². The van der Waals surface area contributed by atoms with E-state index in [4.69, 9.17) is 9.15 Å². The van der Waals surface area contributed by atoms with Crippen LogP contribution < -0.4 is 5.32 Å². The maximum Gasteiger partial charge on any atom is 0.286 e. The summed E-state index contributed by atoms with van der Waals surface area (Å²) in [7, 11) is 0. The molecule has 1 aliphatic rings. The zero-order chi connectivity index (χ0) is 15.4. The average molecular weight is 299 g/mol. The normalized spacial score (nSPS) is 21.5. The van der Waals surface area contributed by atoms with Crippen molar-refractivity contribution in [1.82, 2.24) is 5.32 Å². The molecule has 116 valence electrons. The number of hydrogen-bond donors (Lipinski definition) is 1. The van der Waals surface area contributed by atoms with Gasteiger partial charge in [0, 0.05) is 19.1 Å². The Morgan fingerprint density at radius 3 is 2.82 bits per heavy atom. The Labute approximate surface area is 130 Å². The lowest BCUT2D eigenvalue weighted by molar-refractivity contribution is -0.0273. The first-order valence-corrected chi connectivity index (χ1v) is 7.74. The van der Waals surface area contributed by atoms with Gasteiger partial charge in [-0.3, -0.25) is 4.79 Å². The first-order chi connectivity index (χ1) is 10.7. The second kappa shape index (κ2) is 6.79. The maximum atomic E-state index is 12.0. The Morgan fingerprint density at radius 1 is 1.27 bits per heavy atom. The molecule has 1 saturated heterocycles. The summed E-state index contributed by atoms with van der Waals surface area (Å²) in [6.45, 7) is 3.45. The van der Waals surface area contributed by atoms with Crippen LogP contribution >= 0.6 is 0 Å². The molecule has 2 unspecified atom stereocenters. The third kappa shape index (κ3) is 3.39. The second-order valence-electron chi connectivity index (χ2n) is 5.79. The van der Waals surface area contributed by atoms with Gasteiger partial charge in [-0.15, -0.1) is 0 Å². The monoisotopic (exact) mass is 299 g/mol. The van der Waals surface area contributed by atoms with Gasteiger partial charge in [-0.25, -0.2) is 0 Å². The number of ether oxygens (including phenoxy) is 1. The van der Waals surface area contributed by atoms with Crippen LogP contribution in [0.3, 0.4) is 0 Å². The van der Waals surface area contributed by atoms with Crippen molar-refractivity contribution in [1.29, 1.82) is 0 Å². The summed E-state index contributed by atoms with van der Waals surface area (Å²) < 4.78 is 11.1. The van der Waals surface area contributed by atoms with Crippen LogP contribution in [0.5, 0.6) is 0 Å². The van der Waals surface area contributed by atoms with Gasteiger partial charge in [0.15, 0.2) is 5.76 Å². The van der Waals surface area contributed by atoms with Gasteiger partial charge >= 0.3 is 0 Å². The molecule has 0 aliphatic carbocycles. The minimum Gasteiger partial charge on any atom is -0.459 e. The fourth-order valence-corrected chi connectivity index (χ4v) is 2.90. The van der Waals surface area contributed by atoms with E-state index in [1.807, 2.05) is 0 Å². The van der Waals surface area contributed by atoms with Crippen LogP contribution in [-0.2, 0) is 4.74 Å². The smallest absolute Gasteiger partial charge is 0.286 e. The predicted molar refractivity (Wildman–Crippen MR) is 83.6 cm³/mol. The van der Waals surface area contributed by atoms with Crippen molar-refractivity contribution in [3.05, 3.63) is 59.5 Å². The van der Waals surface area contributed by atoms with E-state index in [2.05, 4.69) is 36.5 Å². The molecule has 22 heavy (non-hydrogen) atoms. The molecule has 1 amide bonds. The lowest BCUT2D eigenvalue weighted by Gasteiger charge is -2.32. The highest BCUT2D eigenvalue weighted by atomic mass is 16.5. The van der Waals surface area contributed by atoms with Crippen molar-refractivity contribution in [2.24, 2.45) is 5.92 Å². The van der Waals surface area contributed by atoms with Crippen molar-refractivity contribution in [2.45, 2.75) is 25.9 Å². The van der Waals surface area contributed by atoms with E-state index in [1.54, 1.807) is 12.1 Å². The van der Waals surface area contributed by atoms with E-state index in [-0.39, 0.29) is 17.9 Å². The topological polar surface area (TPSA) is 51.5 Å². The highest BCUT2D eigenvalue weighted by molar-refractivity contribution is 5.91. The fraction of sp³-hybridized carbons (Fsp3) is 0.389. The second-order valence-corrected chi connectivity index (χ2v) is 5.79. The number of carbonyl (C=O) groups is 1. The Kier molecular flexibility index (Phi) is 4.59. The molecule has 1 N–H and O–H groups in total. The van der Waals surface area contributed by atoms with Gasteiger partial charge in [0.05, 0.1) is 12.4 Å². The van der Waals surface area contributed by atoms with Crippen LogP contribution in [0.1, 0.15) is 40.6 Å². The molecular formula is C18H21NO3. The molecule has 0 saturated carbocycles. The van der Waals surface area contributed by atoms with Gasteiger partial charge < -0.3 is 14.5 Å². The number of hydrogen-bond acceptors (Lipinski definition) is 3. The molecule has 4 nitrogen and oxygen atoms in total. The molecule has 3 rings (SSSR count). The Morgan fingerprint density at radius 2 is 2.09 bits per heavy atom. The van der Waals surface area contributed by atoms with E-state index in [0.717, 1.165) is 19.4 Å². The number of carbonyl (C=O) groups excluding carboxylic acids is 1. The maximum absolute atomic E-state index is 12.0. The molecule has 1 fully saturated rings. The van der Waals surface area contributed by atoms with Crippen LogP contribution in [-0.4, -0.2) is 19.1 Å². The Balaban J connectivity index is 1.65. The molecule has 2 aromatic rings. The SMILES string of the molecule is Cc1ccc(C2OCCCC2CNC(=O)c2ccco2)cc1. The van der Waals surface area contributed by atoms with E-state index in [0.29, 0.717) is 12.3 Å². The Hall–Kier alpha value is -2.07. The van der Waals surface area contributed by atoms with Gasteiger partial charge in [-0.2, -0.15) is 0 Å². The number of nitrogens with one attached hydrogen (secondary N) is 1. The summed E-state index contributed by atoms with van der Waals surface area (Å²) in [5.74, 6) is 0.470. The number of rotatable bonds is 4. The summed E-state index contributed by atoms with van der Waals surface area (Å²) in [5.41, 5.74) is 2.42. The van der Waals surface area contributed by atoms with Crippen molar-refractivity contribution < 1.29 is 13.9 Å². The van der Waals surface area contributed by atoms with Crippen LogP contribution in [0.2, 0.25) is 0 Å². The predicted octanol–water partition coefficient (Wildman–Crippen LogP) is 3.49. The van der Waals surface area contributed by atoms with Crippen molar-refractivity contribution in [3.63, 3.8) is 0 Å². The summed E-state index contributed by atoms with van der Waals surface area (Å²) >= 11 is 0. The van der Waals surface area contributed by atoms with Gasteiger partial charge in [0.1, 0.15) is 0 Å². The van der Waals surface area contributed by atoms with E-state index in [9.17, 15) is 4.79 Å². The van der Waals surface area contributed by atoms with Gasteiger partial charge in [-0.05, 0) is 37.5 Å². The minimum absolute atomic E-state index is 0.0475. The third-order valence-electron chi connectivity index (χ3n) is 4.12. The van der Waals surface area contributed by atoms with Crippen LogP contribution in [0.4, 0.5) is 0 Å². The van der Waals surface area contributed by atoms with Gasteiger partial charge in [0.2, 0.25) is 0 Å². The molecule has 0 radical (unpaired) electrons. The lowest BCUT2D eigenvalue weighted by atomic mass is 9.89.